The Bertz CT molecular complexity index is 1690. The van der Waals surface area contributed by atoms with Crippen molar-refractivity contribution in [3.63, 3.8) is 0 Å². The van der Waals surface area contributed by atoms with Crippen molar-refractivity contribution in [1.29, 1.82) is 0 Å². The maximum atomic E-state index is 8.95. The molecule has 0 aliphatic rings. The largest absolute Gasteiger partial charge is 0.569 e. The van der Waals surface area contributed by atoms with E-state index in [9.17, 15) is 0 Å². The van der Waals surface area contributed by atoms with Crippen LogP contribution in [0.2, 0.25) is 0 Å². The van der Waals surface area contributed by atoms with Crippen LogP contribution in [0.4, 0.5) is 0 Å². The van der Waals surface area contributed by atoms with E-state index in [4.69, 9.17) is 24.6 Å². The average molecular weight is 504 g/mol. The third-order valence-electron chi connectivity index (χ3n) is 6.42. The quantitative estimate of drug-likeness (QED) is 0.235. The molecule has 0 bridgehead atoms. The normalized spacial score (nSPS) is 10.7. The van der Waals surface area contributed by atoms with Crippen molar-refractivity contribution in [2.75, 3.05) is 0 Å². The first-order valence-electron chi connectivity index (χ1n) is 12.6. The van der Waals surface area contributed by atoms with Gasteiger partial charge in [0.25, 0.3) is 0 Å². The summed E-state index contributed by atoms with van der Waals surface area (Å²) in [5, 5.41) is 8.95. The molecule has 0 saturated carbocycles. The van der Waals surface area contributed by atoms with E-state index in [1.807, 2.05) is 91.0 Å². The minimum atomic E-state index is 0.562. The molecule has 0 aliphatic heterocycles. The average Bonchev–Trinajstić information content (AvgIpc) is 3.02. The molecule has 6 heteroatoms. The first kappa shape index (κ1) is 24.3. The van der Waals surface area contributed by atoms with E-state index in [-0.39, 0.29) is 0 Å². The molecular weight excluding hydrogens is 481 g/mol. The van der Waals surface area contributed by atoms with Crippen LogP contribution >= 0.6 is 0 Å². The van der Waals surface area contributed by atoms with Crippen LogP contribution < -0.4 is 4.65 Å². The number of hydrogen-bond donors (Lipinski definition) is 1. The van der Waals surface area contributed by atoms with Crippen LogP contribution in [0.25, 0.3) is 56.4 Å². The van der Waals surface area contributed by atoms with E-state index in [1.165, 1.54) is 0 Å². The SMILES string of the molecule is O[B]Oc1cccc(-c2ccc(-c3nc(-c4ccccc4)nc(-c4ccc(-c5ccccc5)cc4)n3)cc2)c1. The summed E-state index contributed by atoms with van der Waals surface area (Å²) in [7, 11) is 0.681. The summed E-state index contributed by atoms with van der Waals surface area (Å²) in [6.45, 7) is 0. The van der Waals surface area contributed by atoms with Gasteiger partial charge < -0.3 is 9.68 Å². The van der Waals surface area contributed by atoms with Crippen molar-refractivity contribution in [2.24, 2.45) is 0 Å². The first-order chi connectivity index (χ1) is 19.3. The number of nitrogens with zero attached hydrogens (tertiary/aromatic N) is 3. The summed E-state index contributed by atoms with van der Waals surface area (Å²) >= 11 is 0. The van der Waals surface area contributed by atoms with Gasteiger partial charge in [-0.2, -0.15) is 0 Å². The fourth-order valence-corrected chi connectivity index (χ4v) is 4.41. The Morgan fingerprint density at radius 3 is 1.31 bits per heavy atom. The number of rotatable bonds is 7. The van der Waals surface area contributed by atoms with Gasteiger partial charge in [0.15, 0.2) is 17.5 Å². The van der Waals surface area contributed by atoms with Crippen LogP contribution in [-0.4, -0.2) is 27.7 Å². The molecule has 0 aliphatic carbocycles. The molecular formula is C33H23BN3O2. The Labute approximate surface area is 227 Å². The maximum Gasteiger partial charge on any atom is 0.569 e. The predicted octanol–water partition coefficient (Wildman–Crippen LogP) is 7.11. The Morgan fingerprint density at radius 2 is 0.795 bits per heavy atom. The second kappa shape index (κ2) is 11.1. The second-order valence-corrected chi connectivity index (χ2v) is 8.94. The highest BCUT2D eigenvalue weighted by atomic mass is 16.5. The van der Waals surface area contributed by atoms with Crippen LogP contribution in [-0.2, 0) is 0 Å². The summed E-state index contributed by atoms with van der Waals surface area (Å²) in [4.78, 5) is 14.5. The van der Waals surface area contributed by atoms with Gasteiger partial charge >= 0.3 is 7.69 Å². The van der Waals surface area contributed by atoms with Gasteiger partial charge in [0.1, 0.15) is 5.75 Å². The van der Waals surface area contributed by atoms with Crippen molar-refractivity contribution in [3.8, 4) is 62.2 Å². The van der Waals surface area contributed by atoms with Gasteiger partial charge in [-0.1, -0.05) is 121 Å². The van der Waals surface area contributed by atoms with Crippen LogP contribution in [0.15, 0.2) is 133 Å². The third-order valence-corrected chi connectivity index (χ3v) is 6.42. The van der Waals surface area contributed by atoms with Gasteiger partial charge in [-0.15, -0.1) is 0 Å². The molecule has 0 unspecified atom stereocenters. The lowest BCUT2D eigenvalue weighted by Gasteiger charge is -2.10. The second-order valence-electron chi connectivity index (χ2n) is 8.94. The fourth-order valence-electron chi connectivity index (χ4n) is 4.41. The molecule has 1 radical (unpaired) electrons. The summed E-state index contributed by atoms with van der Waals surface area (Å²) in [6.07, 6.45) is 0. The molecule has 0 atom stereocenters. The molecule has 0 fully saturated rings. The summed E-state index contributed by atoms with van der Waals surface area (Å²) in [5.41, 5.74) is 7.02. The lowest BCUT2D eigenvalue weighted by Crippen LogP contribution is -2.00. The molecule has 0 saturated heterocycles. The van der Waals surface area contributed by atoms with Crippen molar-refractivity contribution in [2.45, 2.75) is 0 Å². The van der Waals surface area contributed by atoms with E-state index >= 15 is 0 Å². The van der Waals surface area contributed by atoms with E-state index < -0.39 is 0 Å². The lowest BCUT2D eigenvalue weighted by molar-refractivity contribution is 0.454. The molecule has 6 rings (SSSR count). The highest BCUT2D eigenvalue weighted by molar-refractivity contribution is 6.17. The minimum absolute atomic E-state index is 0.562. The van der Waals surface area contributed by atoms with Gasteiger partial charge in [-0.25, -0.2) is 15.0 Å². The molecule has 1 heterocycles. The molecule has 0 amide bonds. The van der Waals surface area contributed by atoms with Gasteiger partial charge in [-0.3, -0.25) is 0 Å². The molecule has 1 N–H and O–H groups in total. The predicted molar refractivity (Wildman–Crippen MR) is 156 cm³/mol. The molecule has 0 spiro atoms. The zero-order chi connectivity index (χ0) is 26.4. The molecule has 1 aromatic heterocycles. The summed E-state index contributed by atoms with van der Waals surface area (Å²) < 4.78 is 5.11. The fraction of sp³-hybridized carbons (Fsp3) is 0. The molecule has 185 valence electrons. The van der Waals surface area contributed by atoms with Crippen molar-refractivity contribution < 1.29 is 9.68 Å². The minimum Gasteiger partial charge on any atom is -0.537 e. The summed E-state index contributed by atoms with van der Waals surface area (Å²) in [5.74, 6) is 2.40. The smallest absolute Gasteiger partial charge is 0.537 e. The standard InChI is InChI=1S/C33H23BN3O2/c38-34-39-30-13-7-12-29(22-30)25-16-20-28(21-17-25)33-36-31(26-10-5-2-6-11-26)35-32(37-33)27-18-14-24(15-19-27)23-8-3-1-4-9-23/h1-22,38H. The van der Waals surface area contributed by atoms with E-state index in [1.54, 1.807) is 6.07 Å². The Balaban J connectivity index is 1.38. The first-order valence-corrected chi connectivity index (χ1v) is 12.6. The zero-order valence-corrected chi connectivity index (χ0v) is 21.0. The van der Waals surface area contributed by atoms with E-state index in [0.717, 1.165) is 38.9 Å². The molecule has 5 nitrogen and oxygen atoms in total. The van der Waals surface area contributed by atoms with E-state index in [0.29, 0.717) is 30.9 Å². The number of benzene rings is 5. The molecule has 6 aromatic rings. The van der Waals surface area contributed by atoms with Crippen molar-refractivity contribution in [3.05, 3.63) is 133 Å². The van der Waals surface area contributed by atoms with Crippen molar-refractivity contribution in [1.82, 2.24) is 15.0 Å². The van der Waals surface area contributed by atoms with Gasteiger partial charge in [0, 0.05) is 16.7 Å². The molecule has 5 aromatic carbocycles. The van der Waals surface area contributed by atoms with Crippen LogP contribution in [0, 0.1) is 0 Å². The Kier molecular flexibility index (Phi) is 6.93. The number of hydrogen-bond acceptors (Lipinski definition) is 5. The Hall–Kier alpha value is -5.07. The van der Waals surface area contributed by atoms with Crippen LogP contribution in [0.5, 0.6) is 5.75 Å². The van der Waals surface area contributed by atoms with Crippen LogP contribution in [0.1, 0.15) is 0 Å². The Morgan fingerprint density at radius 1 is 0.410 bits per heavy atom. The van der Waals surface area contributed by atoms with Gasteiger partial charge in [-0.05, 0) is 34.4 Å². The highest BCUT2D eigenvalue weighted by Crippen LogP contribution is 2.29. The lowest BCUT2D eigenvalue weighted by atomic mass is 10.0. The maximum absolute atomic E-state index is 8.95. The van der Waals surface area contributed by atoms with Crippen LogP contribution in [0.3, 0.4) is 0 Å². The monoisotopic (exact) mass is 504 g/mol. The third kappa shape index (κ3) is 5.47. The van der Waals surface area contributed by atoms with Gasteiger partial charge in [0.2, 0.25) is 0 Å². The van der Waals surface area contributed by atoms with Crippen molar-refractivity contribution >= 4 is 7.69 Å². The van der Waals surface area contributed by atoms with E-state index in [2.05, 4.69) is 36.4 Å². The molecule has 39 heavy (non-hydrogen) atoms. The van der Waals surface area contributed by atoms with Gasteiger partial charge in [0.05, 0.1) is 0 Å². The summed E-state index contributed by atoms with van der Waals surface area (Å²) in [6, 6.07) is 44.1. The number of aromatic nitrogens is 3. The topological polar surface area (TPSA) is 68.1 Å². The highest BCUT2D eigenvalue weighted by Gasteiger charge is 2.13. The zero-order valence-electron chi connectivity index (χ0n) is 21.0.